The Kier molecular flexibility index (Phi) is 6.62. The van der Waals surface area contributed by atoms with Crippen LogP contribution in [0.15, 0.2) is 61.7 Å². The number of ether oxygens (including phenoxy) is 2. The number of allylic oxidation sites excluding steroid dienone is 2. The molecule has 0 amide bonds. The second-order valence-corrected chi connectivity index (χ2v) is 7.05. The van der Waals surface area contributed by atoms with Crippen LogP contribution < -0.4 is 9.47 Å². The molecule has 142 valence electrons. The Morgan fingerprint density at radius 1 is 0.963 bits per heavy atom. The monoisotopic (exact) mass is 364 g/mol. The summed E-state index contributed by atoms with van der Waals surface area (Å²) in [5, 5.41) is 0. The molecule has 0 bridgehead atoms. The van der Waals surface area contributed by atoms with Gasteiger partial charge in [-0.2, -0.15) is 0 Å². The lowest BCUT2D eigenvalue weighted by Gasteiger charge is -2.28. The van der Waals surface area contributed by atoms with Crippen LogP contribution in [0.2, 0.25) is 0 Å². The minimum atomic E-state index is -0.323. The van der Waals surface area contributed by atoms with E-state index in [2.05, 4.69) is 45.2 Å². The van der Waals surface area contributed by atoms with Crippen LogP contribution in [-0.4, -0.2) is 13.1 Å². The average molecular weight is 364 g/mol. The molecular formula is C24H28O3. The van der Waals surface area contributed by atoms with Gasteiger partial charge in [0, 0.05) is 12.3 Å². The molecule has 0 atom stereocenters. The van der Waals surface area contributed by atoms with Crippen LogP contribution in [-0.2, 0) is 23.1 Å². The molecule has 0 saturated carbocycles. The first-order valence-corrected chi connectivity index (χ1v) is 9.04. The molecule has 0 spiro atoms. The summed E-state index contributed by atoms with van der Waals surface area (Å²) < 4.78 is 10.8. The third-order valence-electron chi connectivity index (χ3n) is 4.77. The second-order valence-electron chi connectivity index (χ2n) is 7.05. The average Bonchev–Trinajstić information content (AvgIpc) is 2.63. The molecule has 0 aliphatic heterocycles. The van der Waals surface area contributed by atoms with Crippen LogP contribution in [0.3, 0.4) is 0 Å². The van der Waals surface area contributed by atoms with Crippen molar-refractivity contribution in [3.05, 3.63) is 84.0 Å². The van der Waals surface area contributed by atoms with Gasteiger partial charge in [-0.3, -0.25) is 4.79 Å². The van der Waals surface area contributed by atoms with Crippen LogP contribution in [0.1, 0.15) is 43.0 Å². The summed E-state index contributed by atoms with van der Waals surface area (Å²) in [6.45, 7) is 13.4. The summed E-state index contributed by atoms with van der Waals surface area (Å²) in [5.41, 5.74) is 4.16. The minimum Gasteiger partial charge on any atom is -0.496 e. The number of esters is 1. The first-order chi connectivity index (χ1) is 12.8. The second kappa shape index (κ2) is 8.72. The number of carbonyl (C=O) groups is 1. The molecule has 2 aromatic carbocycles. The number of benzene rings is 2. The zero-order valence-corrected chi connectivity index (χ0v) is 16.7. The van der Waals surface area contributed by atoms with E-state index in [1.54, 1.807) is 7.11 Å². The molecule has 0 aliphatic rings. The van der Waals surface area contributed by atoms with Crippen LogP contribution in [0.4, 0.5) is 0 Å². The lowest BCUT2D eigenvalue weighted by molar-refractivity contribution is -0.131. The van der Waals surface area contributed by atoms with Crippen molar-refractivity contribution in [2.45, 2.75) is 39.0 Å². The maximum Gasteiger partial charge on any atom is 0.308 e. The van der Waals surface area contributed by atoms with Crippen molar-refractivity contribution in [1.29, 1.82) is 0 Å². The van der Waals surface area contributed by atoms with E-state index in [-0.39, 0.29) is 11.4 Å². The lowest BCUT2D eigenvalue weighted by atomic mass is 9.77. The third kappa shape index (κ3) is 4.68. The van der Waals surface area contributed by atoms with Crippen molar-refractivity contribution in [2.75, 3.05) is 7.11 Å². The van der Waals surface area contributed by atoms with Crippen molar-refractivity contribution in [1.82, 2.24) is 0 Å². The SMILES string of the molecule is C=CCc1cc(C(C)(C)c2ccc(OC(C)=O)c(CC=C)c2)ccc1OC. The summed E-state index contributed by atoms with van der Waals surface area (Å²) in [5.74, 6) is 1.13. The highest BCUT2D eigenvalue weighted by molar-refractivity contribution is 5.70. The minimum absolute atomic E-state index is 0.229. The lowest BCUT2D eigenvalue weighted by Crippen LogP contribution is -2.20. The van der Waals surface area contributed by atoms with E-state index in [9.17, 15) is 4.79 Å². The standard InChI is InChI=1S/C24H28O3/c1-7-9-18-15-20(11-13-22(18)26-6)24(4,5)21-12-14-23(27-17(3)25)19(16-21)10-8-2/h7-8,11-16H,1-2,9-10H2,3-6H3. The van der Waals surface area contributed by atoms with Crippen molar-refractivity contribution in [2.24, 2.45) is 0 Å². The first kappa shape index (κ1) is 20.5. The Bertz CT molecular complexity index is 847. The molecule has 27 heavy (non-hydrogen) atoms. The first-order valence-electron chi connectivity index (χ1n) is 9.04. The molecule has 0 unspecified atom stereocenters. The molecule has 0 aliphatic carbocycles. The molecule has 0 radical (unpaired) electrons. The molecule has 0 saturated heterocycles. The van der Waals surface area contributed by atoms with E-state index in [1.807, 2.05) is 30.4 Å². The van der Waals surface area contributed by atoms with Gasteiger partial charge in [0.15, 0.2) is 0 Å². The number of hydrogen-bond acceptors (Lipinski definition) is 3. The van der Waals surface area contributed by atoms with Crippen molar-refractivity contribution >= 4 is 5.97 Å². The number of carbonyl (C=O) groups excluding carboxylic acids is 1. The van der Waals surface area contributed by atoms with Crippen LogP contribution in [0.5, 0.6) is 11.5 Å². The van der Waals surface area contributed by atoms with Gasteiger partial charge in [-0.05, 0) is 47.2 Å². The predicted molar refractivity (Wildman–Crippen MR) is 111 cm³/mol. The molecule has 0 fully saturated rings. The van der Waals surface area contributed by atoms with Gasteiger partial charge in [0.1, 0.15) is 11.5 Å². The fourth-order valence-corrected chi connectivity index (χ4v) is 3.19. The van der Waals surface area contributed by atoms with E-state index < -0.39 is 0 Å². The van der Waals surface area contributed by atoms with Crippen molar-refractivity contribution < 1.29 is 14.3 Å². The zero-order valence-electron chi connectivity index (χ0n) is 16.7. The summed E-state index contributed by atoms with van der Waals surface area (Å²) in [7, 11) is 1.68. The quantitative estimate of drug-likeness (QED) is 0.357. The molecule has 0 heterocycles. The summed E-state index contributed by atoms with van der Waals surface area (Å²) in [4.78, 5) is 11.4. The van der Waals surface area contributed by atoms with Gasteiger partial charge in [0.25, 0.3) is 0 Å². The third-order valence-corrected chi connectivity index (χ3v) is 4.77. The van der Waals surface area contributed by atoms with Gasteiger partial charge in [0.05, 0.1) is 7.11 Å². The van der Waals surface area contributed by atoms with Gasteiger partial charge in [0.2, 0.25) is 0 Å². The van der Waals surface area contributed by atoms with E-state index >= 15 is 0 Å². The highest BCUT2D eigenvalue weighted by Gasteiger charge is 2.25. The van der Waals surface area contributed by atoms with Gasteiger partial charge < -0.3 is 9.47 Å². The normalized spacial score (nSPS) is 11.0. The smallest absolute Gasteiger partial charge is 0.308 e. The maximum atomic E-state index is 11.4. The molecule has 2 rings (SSSR count). The Morgan fingerprint density at radius 2 is 1.44 bits per heavy atom. The fourth-order valence-electron chi connectivity index (χ4n) is 3.19. The fraction of sp³-hybridized carbons (Fsp3) is 0.292. The highest BCUT2D eigenvalue weighted by atomic mass is 16.5. The summed E-state index contributed by atoms with van der Waals surface area (Å²) in [6, 6.07) is 12.3. The Labute approximate surface area is 162 Å². The molecule has 0 N–H and O–H groups in total. The highest BCUT2D eigenvalue weighted by Crippen LogP contribution is 2.36. The largest absolute Gasteiger partial charge is 0.496 e. The van der Waals surface area contributed by atoms with Crippen LogP contribution in [0.25, 0.3) is 0 Å². The maximum absolute atomic E-state index is 11.4. The van der Waals surface area contributed by atoms with E-state index in [1.165, 1.54) is 12.5 Å². The van der Waals surface area contributed by atoms with Crippen molar-refractivity contribution in [3.8, 4) is 11.5 Å². The van der Waals surface area contributed by atoms with Gasteiger partial charge >= 0.3 is 5.97 Å². The topological polar surface area (TPSA) is 35.5 Å². The van der Waals surface area contributed by atoms with E-state index in [0.29, 0.717) is 12.2 Å². The van der Waals surface area contributed by atoms with Gasteiger partial charge in [-0.1, -0.05) is 50.3 Å². The number of methoxy groups -OCH3 is 1. The Balaban J connectivity index is 2.50. The van der Waals surface area contributed by atoms with Gasteiger partial charge in [-0.25, -0.2) is 0 Å². The van der Waals surface area contributed by atoms with Crippen LogP contribution in [0, 0.1) is 0 Å². The van der Waals surface area contributed by atoms with E-state index in [0.717, 1.165) is 28.9 Å². The summed E-state index contributed by atoms with van der Waals surface area (Å²) >= 11 is 0. The van der Waals surface area contributed by atoms with Crippen molar-refractivity contribution in [3.63, 3.8) is 0 Å². The molecule has 0 aromatic heterocycles. The number of hydrogen-bond donors (Lipinski definition) is 0. The zero-order chi connectivity index (χ0) is 20.0. The Hall–Kier alpha value is -2.81. The molecular weight excluding hydrogens is 336 g/mol. The predicted octanol–water partition coefficient (Wildman–Crippen LogP) is 5.40. The summed E-state index contributed by atoms with van der Waals surface area (Å²) in [6.07, 6.45) is 5.08. The molecule has 3 nitrogen and oxygen atoms in total. The Morgan fingerprint density at radius 3 is 1.89 bits per heavy atom. The van der Waals surface area contributed by atoms with Crippen LogP contribution >= 0.6 is 0 Å². The number of rotatable bonds is 8. The molecule has 3 heteroatoms. The van der Waals surface area contributed by atoms with Gasteiger partial charge in [-0.15, -0.1) is 13.2 Å². The molecule has 2 aromatic rings. The van der Waals surface area contributed by atoms with E-state index in [4.69, 9.17) is 9.47 Å².